The van der Waals surface area contributed by atoms with E-state index in [1.807, 2.05) is 32.9 Å². The number of hydrogen-bond donors (Lipinski definition) is 3. The summed E-state index contributed by atoms with van der Waals surface area (Å²) in [5.41, 5.74) is 5.77. The second-order valence-corrected chi connectivity index (χ2v) is 8.41. The van der Waals surface area contributed by atoms with Gasteiger partial charge >= 0.3 is 17.9 Å². The third kappa shape index (κ3) is 4.63. The van der Waals surface area contributed by atoms with Gasteiger partial charge in [0.25, 0.3) is 0 Å². The van der Waals surface area contributed by atoms with Crippen molar-refractivity contribution in [1.29, 1.82) is 0 Å². The van der Waals surface area contributed by atoms with Gasteiger partial charge in [0, 0.05) is 18.7 Å². The third-order valence-corrected chi connectivity index (χ3v) is 6.03. The molecule has 8 nitrogen and oxygen atoms in total. The molecule has 1 aromatic rings. The van der Waals surface area contributed by atoms with E-state index in [9.17, 15) is 14.4 Å². The number of likely N-dealkylation sites (N-methyl/N-ethyl adjacent to an activating group) is 1. The van der Waals surface area contributed by atoms with E-state index < -0.39 is 23.5 Å². The molecule has 1 spiro atoms. The van der Waals surface area contributed by atoms with Crippen molar-refractivity contribution in [2.45, 2.75) is 64.5 Å². The van der Waals surface area contributed by atoms with Crippen molar-refractivity contribution >= 4 is 23.6 Å². The highest BCUT2D eigenvalue weighted by molar-refractivity contribution is 6.35. The van der Waals surface area contributed by atoms with Crippen molar-refractivity contribution in [3.05, 3.63) is 34.9 Å². The van der Waals surface area contributed by atoms with Gasteiger partial charge in [0.2, 0.25) is 0 Å². The Bertz CT molecular complexity index is 872. The van der Waals surface area contributed by atoms with E-state index in [1.54, 1.807) is 0 Å². The molecule has 1 fully saturated rings. The lowest BCUT2D eigenvalue weighted by molar-refractivity contribution is -0.139. The number of hydrazone groups is 1. The average Bonchev–Trinajstić information content (AvgIpc) is 2.70. The predicted molar refractivity (Wildman–Crippen MR) is 113 cm³/mol. The molecule has 0 radical (unpaired) electrons. The number of carbonyl (C=O) groups excluding carboxylic acids is 3. The van der Waals surface area contributed by atoms with Crippen molar-refractivity contribution in [1.82, 2.24) is 16.1 Å². The van der Waals surface area contributed by atoms with Gasteiger partial charge in [0.15, 0.2) is 5.60 Å². The Morgan fingerprint density at radius 1 is 1.27 bits per heavy atom. The minimum absolute atomic E-state index is 0.114. The van der Waals surface area contributed by atoms with Crippen LogP contribution >= 0.6 is 0 Å². The topological polar surface area (TPSA) is 109 Å². The number of carbonyl (C=O) groups is 3. The maximum absolute atomic E-state index is 12.0. The van der Waals surface area contributed by atoms with Gasteiger partial charge in [-0.25, -0.2) is 10.2 Å². The molecule has 1 heterocycles. The molecule has 3 rings (SSSR count). The fraction of sp³-hybridized carbons (Fsp3) is 0.545. The Kier molecular flexibility index (Phi) is 6.43. The Labute approximate surface area is 176 Å². The monoisotopic (exact) mass is 414 g/mol. The van der Waals surface area contributed by atoms with Crippen LogP contribution in [0.2, 0.25) is 0 Å². The van der Waals surface area contributed by atoms with E-state index >= 15 is 0 Å². The number of ether oxygens (including phenoxy) is 1. The Morgan fingerprint density at radius 3 is 2.60 bits per heavy atom. The lowest BCUT2D eigenvalue weighted by Gasteiger charge is -2.42. The molecule has 1 atom stereocenters. The van der Waals surface area contributed by atoms with Gasteiger partial charge in [-0.1, -0.05) is 23.8 Å². The van der Waals surface area contributed by atoms with Gasteiger partial charge in [-0.15, -0.1) is 0 Å². The molecule has 1 aliphatic carbocycles. The van der Waals surface area contributed by atoms with Crippen LogP contribution in [0.1, 0.15) is 55.7 Å². The molecule has 3 amide bonds. The summed E-state index contributed by atoms with van der Waals surface area (Å²) in [6.07, 6.45) is 3.28. The van der Waals surface area contributed by atoms with Crippen molar-refractivity contribution in [2.24, 2.45) is 11.0 Å². The van der Waals surface area contributed by atoms with Crippen molar-refractivity contribution in [2.75, 3.05) is 7.05 Å². The van der Waals surface area contributed by atoms with Gasteiger partial charge in [0.05, 0.1) is 0 Å². The highest BCUT2D eigenvalue weighted by Gasteiger charge is 2.46. The molecule has 8 heteroatoms. The highest BCUT2D eigenvalue weighted by Crippen LogP contribution is 2.41. The maximum Gasteiger partial charge on any atom is 0.428 e. The number of amides is 3. The third-order valence-electron chi connectivity index (χ3n) is 6.03. The van der Waals surface area contributed by atoms with Crippen LogP contribution in [-0.4, -0.2) is 42.3 Å². The fourth-order valence-corrected chi connectivity index (χ4v) is 4.52. The second kappa shape index (κ2) is 8.85. The minimum atomic E-state index is -0.729. The summed E-state index contributed by atoms with van der Waals surface area (Å²) in [5, 5.41) is 9.45. The smallest absolute Gasteiger partial charge is 0.428 e. The molecule has 2 aliphatic rings. The van der Waals surface area contributed by atoms with Gasteiger partial charge < -0.3 is 15.4 Å². The summed E-state index contributed by atoms with van der Waals surface area (Å²) in [6, 6.07) is 6.06. The fourth-order valence-electron chi connectivity index (χ4n) is 4.52. The summed E-state index contributed by atoms with van der Waals surface area (Å²) in [6.45, 7) is 5.98. The zero-order chi connectivity index (χ0) is 21.9. The SMILES string of the molecule is CNC(=O)C(=O)N[C@@H](C)CC1CCC2(CC1)OC(=O)NN=C2c1ccc(C)cc1C. The maximum atomic E-state index is 12.0. The lowest BCUT2D eigenvalue weighted by atomic mass is 9.72. The van der Waals surface area contributed by atoms with Gasteiger partial charge in [-0.3, -0.25) is 9.59 Å². The first kappa shape index (κ1) is 21.8. The number of nitrogens with zero attached hydrogens (tertiary/aromatic N) is 1. The van der Waals surface area contributed by atoms with E-state index in [2.05, 4.69) is 27.2 Å². The Hall–Kier alpha value is -2.90. The second-order valence-electron chi connectivity index (χ2n) is 8.41. The summed E-state index contributed by atoms with van der Waals surface area (Å²) in [4.78, 5) is 35.2. The molecule has 3 N–H and O–H groups in total. The summed E-state index contributed by atoms with van der Waals surface area (Å²) in [5.74, 6) is -0.890. The Morgan fingerprint density at radius 2 is 1.97 bits per heavy atom. The van der Waals surface area contributed by atoms with Gasteiger partial charge in [-0.05, 0) is 64.4 Å². The molecular formula is C22H30N4O4. The average molecular weight is 415 g/mol. The summed E-state index contributed by atoms with van der Waals surface area (Å²) in [7, 11) is 1.43. The van der Waals surface area contributed by atoms with Crippen LogP contribution in [0, 0.1) is 19.8 Å². The molecule has 0 unspecified atom stereocenters. The van der Waals surface area contributed by atoms with E-state index in [1.165, 1.54) is 12.6 Å². The molecule has 1 saturated carbocycles. The quantitative estimate of drug-likeness (QED) is 0.657. The largest absolute Gasteiger partial charge is 0.435 e. The van der Waals surface area contributed by atoms with Crippen LogP contribution in [0.5, 0.6) is 0 Å². The Balaban J connectivity index is 1.69. The van der Waals surface area contributed by atoms with Crippen LogP contribution in [0.4, 0.5) is 4.79 Å². The lowest BCUT2D eigenvalue weighted by Crippen LogP contribution is -2.52. The molecule has 0 saturated heterocycles. The summed E-state index contributed by atoms with van der Waals surface area (Å²) >= 11 is 0. The molecule has 1 aliphatic heterocycles. The van der Waals surface area contributed by atoms with E-state index in [-0.39, 0.29) is 6.04 Å². The van der Waals surface area contributed by atoms with Crippen molar-refractivity contribution in [3.63, 3.8) is 0 Å². The first-order valence-electron chi connectivity index (χ1n) is 10.4. The number of hydrogen-bond acceptors (Lipinski definition) is 5. The molecule has 30 heavy (non-hydrogen) atoms. The standard InChI is InChI=1S/C22H30N4O4/c1-13-5-6-17(14(2)11-13)18-22(30-21(29)26-25-18)9-7-16(8-10-22)12-15(3)24-20(28)19(27)23-4/h5-6,11,15-16H,7-10,12H2,1-4H3,(H,23,27)(H,24,28)(H,26,29)/t15-,16?,22?/m0/s1. The predicted octanol–water partition coefficient (Wildman–Crippen LogP) is 2.32. The number of aryl methyl sites for hydroxylation is 2. The first-order chi connectivity index (χ1) is 14.2. The molecule has 162 valence electrons. The van der Waals surface area contributed by atoms with Crippen LogP contribution in [0.25, 0.3) is 0 Å². The normalized spacial score (nSPS) is 24.3. The number of nitrogens with one attached hydrogen (secondary N) is 3. The van der Waals surface area contributed by atoms with Crippen LogP contribution < -0.4 is 16.1 Å². The zero-order valence-corrected chi connectivity index (χ0v) is 18.0. The zero-order valence-electron chi connectivity index (χ0n) is 18.0. The molecule has 0 bridgehead atoms. The van der Waals surface area contributed by atoms with E-state index in [0.717, 1.165) is 36.1 Å². The van der Waals surface area contributed by atoms with Crippen molar-refractivity contribution in [3.8, 4) is 0 Å². The summed E-state index contributed by atoms with van der Waals surface area (Å²) < 4.78 is 5.83. The van der Waals surface area contributed by atoms with Crippen molar-refractivity contribution < 1.29 is 19.1 Å². The number of benzene rings is 1. The van der Waals surface area contributed by atoms with Crippen LogP contribution in [0.15, 0.2) is 23.3 Å². The van der Waals surface area contributed by atoms with E-state index in [0.29, 0.717) is 18.8 Å². The molecule has 0 aromatic heterocycles. The van der Waals surface area contributed by atoms with Gasteiger partial charge in [0.1, 0.15) is 5.71 Å². The highest BCUT2D eigenvalue weighted by atomic mass is 16.6. The van der Waals surface area contributed by atoms with Crippen LogP contribution in [0.3, 0.4) is 0 Å². The van der Waals surface area contributed by atoms with Crippen LogP contribution in [-0.2, 0) is 14.3 Å². The van der Waals surface area contributed by atoms with E-state index in [4.69, 9.17) is 4.74 Å². The molecule has 1 aromatic carbocycles. The minimum Gasteiger partial charge on any atom is -0.435 e. The number of rotatable bonds is 4. The van der Waals surface area contributed by atoms with Gasteiger partial charge in [-0.2, -0.15) is 5.10 Å². The molecular weight excluding hydrogens is 384 g/mol. The first-order valence-corrected chi connectivity index (χ1v) is 10.4.